The highest BCUT2D eigenvalue weighted by Gasteiger charge is 2.39. The van der Waals surface area contributed by atoms with E-state index in [4.69, 9.17) is 0 Å². The highest BCUT2D eigenvalue weighted by Crippen LogP contribution is 2.35. The molecule has 0 unspecified atom stereocenters. The Labute approximate surface area is 179 Å². The average molecular weight is 455 g/mol. The molecule has 3 aromatic rings. The quantitative estimate of drug-likeness (QED) is 0.624. The number of carbonyl (C=O) groups excluding carboxylic acids is 1. The van der Waals surface area contributed by atoms with Crippen molar-refractivity contribution < 1.29 is 22.7 Å². The first-order valence-electron chi connectivity index (χ1n) is 9.69. The van der Waals surface area contributed by atoms with Crippen molar-refractivity contribution in [2.45, 2.75) is 45.5 Å². The zero-order valence-electron chi connectivity index (χ0n) is 16.9. The highest BCUT2D eigenvalue weighted by molar-refractivity contribution is 7.18. The Hall–Kier alpha value is -2.96. The van der Waals surface area contributed by atoms with Gasteiger partial charge in [-0.25, -0.2) is 9.78 Å². The number of alkyl halides is 3. The van der Waals surface area contributed by atoms with Crippen LogP contribution in [0.1, 0.15) is 36.3 Å². The molecule has 0 atom stereocenters. The molecular formula is C18H20F3N7O2S. The minimum Gasteiger partial charge on any atom is -0.453 e. The van der Waals surface area contributed by atoms with Crippen LogP contribution >= 0.6 is 11.3 Å². The van der Waals surface area contributed by atoms with Crippen molar-refractivity contribution in [1.29, 1.82) is 0 Å². The van der Waals surface area contributed by atoms with Gasteiger partial charge in [-0.3, -0.25) is 5.32 Å². The smallest absolute Gasteiger partial charge is 0.451 e. The topological polar surface area (TPSA) is 98.1 Å². The number of aromatic nitrogens is 5. The Morgan fingerprint density at radius 3 is 2.81 bits per heavy atom. The number of fused-ring (bicyclic) bond motifs is 2. The molecule has 1 aliphatic rings. The Kier molecular flexibility index (Phi) is 5.69. The second-order valence-electron chi connectivity index (χ2n) is 7.03. The van der Waals surface area contributed by atoms with Crippen molar-refractivity contribution in [2.75, 3.05) is 23.9 Å². The molecule has 9 nitrogen and oxygen atoms in total. The van der Waals surface area contributed by atoms with Gasteiger partial charge in [-0.15, -0.1) is 21.5 Å². The lowest BCUT2D eigenvalue weighted by molar-refractivity contribution is -0.147. The number of hydrogen-bond acceptors (Lipinski definition) is 8. The molecule has 0 saturated carbocycles. The lowest BCUT2D eigenvalue weighted by atomic mass is 10.2. The first-order chi connectivity index (χ1) is 14.8. The summed E-state index contributed by atoms with van der Waals surface area (Å²) in [5.74, 6) is -0.200. The van der Waals surface area contributed by atoms with Crippen LogP contribution in [0.5, 0.6) is 0 Å². The summed E-state index contributed by atoms with van der Waals surface area (Å²) >= 11 is 1.51. The number of rotatable bonds is 5. The van der Waals surface area contributed by atoms with E-state index in [-0.39, 0.29) is 31.4 Å². The maximum absolute atomic E-state index is 13.1. The molecule has 3 aromatic heterocycles. The van der Waals surface area contributed by atoms with E-state index in [2.05, 4.69) is 37.1 Å². The van der Waals surface area contributed by atoms with E-state index in [1.165, 1.54) is 18.4 Å². The predicted octanol–water partition coefficient (Wildman–Crippen LogP) is 3.84. The van der Waals surface area contributed by atoms with Crippen LogP contribution in [0, 0.1) is 0 Å². The third-order valence-electron chi connectivity index (χ3n) is 4.91. The Morgan fingerprint density at radius 2 is 2.10 bits per heavy atom. The number of nitrogens with zero attached hydrogens (tertiary/aromatic N) is 6. The van der Waals surface area contributed by atoms with Gasteiger partial charge in [0.15, 0.2) is 5.82 Å². The maximum Gasteiger partial charge on any atom is 0.451 e. The summed E-state index contributed by atoms with van der Waals surface area (Å²) in [6, 6.07) is 2.01. The van der Waals surface area contributed by atoms with E-state index < -0.39 is 18.1 Å². The van der Waals surface area contributed by atoms with Crippen molar-refractivity contribution in [3.05, 3.63) is 22.6 Å². The van der Waals surface area contributed by atoms with Gasteiger partial charge in [0.2, 0.25) is 11.8 Å². The van der Waals surface area contributed by atoms with Crippen molar-refractivity contribution in [1.82, 2.24) is 24.7 Å². The first-order valence-corrected chi connectivity index (χ1v) is 10.5. The zero-order valence-corrected chi connectivity index (χ0v) is 17.7. The summed E-state index contributed by atoms with van der Waals surface area (Å²) in [5, 5.41) is 10.3. The monoisotopic (exact) mass is 455 g/mol. The second-order valence-corrected chi connectivity index (χ2v) is 8.15. The molecule has 0 radical (unpaired) electrons. The summed E-state index contributed by atoms with van der Waals surface area (Å²) in [5.41, 5.74) is 0. The number of amides is 1. The molecule has 0 spiro atoms. The minimum absolute atomic E-state index is 0.0647. The zero-order chi connectivity index (χ0) is 22.2. The molecule has 0 bridgehead atoms. The molecule has 0 fully saturated rings. The number of halogens is 3. The molecule has 1 aliphatic heterocycles. The van der Waals surface area contributed by atoms with Crippen LogP contribution in [0.25, 0.3) is 10.2 Å². The van der Waals surface area contributed by atoms with E-state index in [0.29, 0.717) is 10.6 Å². The lowest BCUT2D eigenvalue weighted by Gasteiger charge is -2.29. The van der Waals surface area contributed by atoms with E-state index in [0.717, 1.165) is 34.1 Å². The summed E-state index contributed by atoms with van der Waals surface area (Å²) < 4.78 is 45.1. The molecule has 31 heavy (non-hydrogen) atoms. The van der Waals surface area contributed by atoms with Crippen LogP contribution in [-0.4, -0.2) is 44.5 Å². The molecule has 1 amide bonds. The number of unbranched alkanes of at least 4 members (excludes halogenated alkanes) is 1. The Bertz CT molecular complexity index is 1110. The normalized spacial score (nSPS) is 14.0. The second kappa shape index (κ2) is 8.29. The van der Waals surface area contributed by atoms with Gasteiger partial charge < -0.3 is 14.2 Å². The molecule has 166 valence electrons. The number of ether oxygens (including phenoxy) is 1. The van der Waals surface area contributed by atoms with Crippen molar-refractivity contribution in [2.24, 2.45) is 0 Å². The Morgan fingerprint density at radius 1 is 1.29 bits per heavy atom. The third kappa shape index (κ3) is 4.27. The van der Waals surface area contributed by atoms with Crippen LogP contribution in [-0.2, 0) is 30.4 Å². The first kappa shape index (κ1) is 21.3. The molecule has 4 rings (SSSR count). The molecule has 0 aromatic carbocycles. The molecule has 4 heterocycles. The van der Waals surface area contributed by atoms with E-state index in [9.17, 15) is 18.0 Å². The number of aryl methyl sites for hydroxylation is 1. The summed E-state index contributed by atoms with van der Waals surface area (Å²) in [6.07, 6.45) is -2.31. The van der Waals surface area contributed by atoms with Gasteiger partial charge >= 0.3 is 12.3 Å². The molecule has 0 aliphatic carbocycles. The van der Waals surface area contributed by atoms with Crippen molar-refractivity contribution in [3.8, 4) is 0 Å². The number of nitrogens with one attached hydrogen (secondary N) is 1. The van der Waals surface area contributed by atoms with Crippen LogP contribution in [0.3, 0.4) is 0 Å². The van der Waals surface area contributed by atoms with Gasteiger partial charge in [-0.05, 0) is 18.9 Å². The van der Waals surface area contributed by atoms with E-state index in [1.54, 1.807) is 0 Å². The number of anilines is 2. The van der Waals surface area contributed by atoms with Crippen molar-refractivity contribution >= 4 is 39.4 Å². The van der Waals surface area contributed by atoms with Crippen LogP contribution in [0.4, 0.5) is 29.7 Å². The fourth-order valence-corrected chi connectivity index (χ4v) is 4.48. The van der Waals surface area contributed by atoms with Gasteiger partial charge in [0, 0.05) is 18.0 Å². The number of carbonyl (C=O) groups is 1. The average Bonchev–Trinajstić information content (AvgIpc) is 3.34. The standard InChI is InChI=1S/C18H20F3N7O2S/c1-3-4-5-10-8-11-13(22-16(23-14(11)31-10)24-17(29)30-2)27-6-7-28-12(9-27)25-26-15(28)18(19,20)21/h8H,3-7,9H2,1-2H3,(H,22,23,24,29). The summed E-state index contributed by atoms with van der Waals surface area (Å²) in [4.78, 5) is 24.2. The number of methoxy groups -OCH3 is 1. The van der Waals surface area contributed by atoms with Gasteiger partial charge in [0.1, 0.15) is 10.6 Å². The van der Waals surface area contributed by atoms with Crippen LogP contribution < -0.4 is 10.2 Å². The summed E-state index contributed by atoms with van der Waals surface area (Å²) in [7, 11) is 1.23. The fourth-order valence-electron chi connectivity index (χ4n) is 3.42. The van der Waals surface area contributed by atoms with Crippen LogP contribution in [0.15, 0.2) is 6.07 Å². The fraction of sp³-hybridized carbons (Fsp3) is 0.500. The van der Waals surface area contributed by atoms with E-state index in [1.807, 2.05) is 11.0 Å². The van der Waals surface area contributed by atoms with Crippen molar-refractivity contribution in [3.63, 3.8) is 0 Å². The lowest BCUT2D eigenvalue weighted by Crippen LogP contribution is -2.36. The van der Waals surface area contributed by atoms with Gasteiger partial charge in [0.05, 0.1) is 19.0 Å². The summed E-state index contributed by atoms with van der Waals surface area (Å²) in [6.45, 7) is 2.55. The van der Waals surface area contributed by atoms with Crippen LogP contribution in [0.2, 0.25) is 0 Å². The van der Waals surface area contributed by atoms with Gasteiger partial charge in [-0.1, -0.05) is 13.3 Å². The third-order valence-corrected chi connectivity index (χ3v) is 5.99. The number of hydrogen-bond donors (Lipinski definition) is 1. The molecule has 13 heteroatoms. The molecular weight excluding hydrogens is 435 g/mol. The molecule has 0 saturated heterocycles. The van der Waals surface area contributed by atoms with Gasteiger partial charge in [0.25, 0.3) is 0 Å². The highest BCUT2D eigenvalue weighted by atomic mass is 32.1. The Balaban J connectivity index is 1.72. The minimum atomic E-state index is -4.56. The maximum atomic E-state index is 13.1. The number of thiophene rings is 1. The predicted molar refractivity (Wildman–Crippen MR) is 108 cm³/mol. The van der Waals surface area contributed by atoms with E-state index >= 15 is 0 Å². The SMILES string of the molecule is CCCCc1cc2c(N3CCn4c(nnc4C(F)(F)F)C3)nc(NC(=O)OC)nc2s1. The van der Waals surface area contributed by atoms with Gasteiger partial charge in [-0.2, -0.15) is 18.2 Å². The largest absolute Gasteiger partial charge is 0.453 e. The molecule has 1 N–H and O–H groups in total.